The lowest BCUT2D eigenvalue weighted by atomic mass is 10.2. The maximum Gasteiger partial charge on any atom is 0.251 e. The van der Waals surface area contributed by atoms with Crippen molar-refractivity contribution < 1.29 is 19.1 Å². The summed E-state index contributed by atoms with van der Waals surface area (Å²) in [4.78, 5) is 23.6. The van der Waals surface area contributed by atoms with Crippen molar-refractivity contribution >= 4 is 17.5 Å². The van der Waals surface area contributed by atoms with Gasteiger partial charge >= 0.3 is 0 Å². The third kappa shape index (κ3) is 5.84. The van der Waals surface area contributed by atoms with E-state index in [1.54, 1.807) is 38.4 Å². The number of ether oxygens (including phenoxy) is 2. The lowest BCUT2D eigenvalue weighted by Crippen LogP contribution is -2.18. The van der Waals surface area contributed by atoms with Crippen molar-refractivity contribution in [1.82, 2.24) is 5.32 Å². The first-order chi connectivity index (χ1) is 12.1. The molecule has 0 unspecified atom stereocenters. The summed E-state index contributed by atoms with van der Waals surface area (Å²) in [6, 6.07) is 14.1. The minimum absolute atomic E-state index is 0.118. The summed E-state index contributed by atoms with van der Waals surface area (Å²) < 4.78 is 10.7. The average Bonchev–Trinajstić information content (AvgIpc) is 2.65. The minimum Gasteiger partial charge on any atom is -0.497 e. The number of hydrogen-bond acceptors (Lipinski definition) is 4. The third-order valence-corrected chi connectivity index (χ3v) is 3.51. The van der Waals surface area contributed by atoms with E-state index in [4.69, 9.17) is 9.47 Å². The summed E-state index contributed by atoms with van der Waals surface area (Å²) in [6.07, 6.45) is 0.924. The number of anilines is 1. The van der Waals surface area contributed by atoms with Gasteiger partial charge in [0.05, 0.1) is 13.7 Å². The van der Waals surface area contributed by atoms with Crippen LogP contribution in [0.5, 0.6) is 11.5 Å². The van der Waals surface area contributed by atoms with Crippen molar-refractivity contribution in [2.45, 2.75) is 12.8 Å². The van der Waals surface area contributed by atoms with E-state index in [-0.39, 0.29) is 11.8 Å². The highest BCUT2D eigenvalue weighted by Gasteiger charge is 2.06. The predicted octanol–water partition coefficient (Wildman–Crippen LogP) is 2.85. The van der Waals surface area contributed by atoms with E-state index in [0.29, 0.717) is 30.7 Å². The van der Waals surface area contributed by atoms with Crippen LogP contribution in [0.3, 0.4) is 0 Å². The summed E-state index contributed by atoms with van der Waals surface area (Å²) in [5.74, 6) is 1.20. The largest absolute Gasteiger partial charge is 0.497 e. The highest BCUT2D eigenvalue weighted by Crippen LogP contribution is 2.17. The van der Waals surface area contributed by atoms with E-state index >= 15 is 0 Å². The van der Waals surface area contributed by atoms with Crippen LogP contribution in [0, 0.1) is 0 Å². The van der Waals surface area contributed by atoms with Gasteiger partial charge in [0.2, 0.25) is 5.91 Å². The van der Waals surface area contributed by atoms with Crippen LogP contribution < -0.4 is 20.1 Å². The van der Waals surface area contributed by atoms with Gasteiger partial charge in [-0.2, -0.15) is 0 Å². The normalized spacial score (nSPS) is 10.0. The van der Waals surface area contributed by atoms with E-state index in [9.17, 15) is 9.59 Å². The Morgan fingerprint density at radius 1 is 1.04 bits per heavy atom. The Morgan fingerprint density at radius 2 is 1.76 bits per heavy atom. The molecule has 0 aliphatic rings. The van der Waals surface area contributed by atoms with Gasteiger partial charge in [-0.3, -0.25) is 9.59 Å². The standard InChI is InChI=1S/C19H22N2O4/c1-20-19(23)14-5-3-6-15(13-14)21-18(22)7-4-12-25-17-10-8-16(24-2)9-11-17/h3,5-6,8-11,13H,4,7,12H2,1-2H3,(H,20,23)(H,21,22). The molecule has 2 aromatic carbocycles. The average molecular weight is 342 g/mol. The molecule has 6 nitrogen and oxygen atoms in total. The molecule has 2 aromatic rings. The number of hydrogen-bond donors (Lipinski definition) is 2. The number of carbonyl (C=O) groups is 2. The monoisotopic (exact) mass is 342 g/mol. The van der Waals surface area contributed by atoms with Crippen LogP contribution in [-0.2, 0) is 4.79 Å². The second kappa shape index (κ2) is 9.32. The Labute approximate surface area is 147 Å². The molecule has 0 aromatic heterocycles. The van der Waals surface area contributed by atoms with Crippen LogP contribution in [0.25, 0.3) is 0 Å². The molecule has 2 rings (SSSR count). The molecular formula is C19H22N2O4. The first-order valence-corrected chi connectivity index (χ1v) is 8.01. The Hall–Kier alpha value is -3.02. The number of benzene rings is 2. The van der Waals surface area contributed by atoms with E-state index in [1.165, 1.54) is 0 Å². The Bertz CT molecular complexity index is 714. The Morgan fingerprint density at radius 3 is 2.44 bits per heavy atom. The number of amides is 2. The first-order valence-electron chi connectivity index (χ1n) is 8.01. The fourth-order valence-corrected chi connectivity index (χ4v) is 2.20. The number of rotatable bonds is 8. The molecule has 0 heterocycles. The molecule has 0 radical (unpaired) electrons. The highest BCUT2D eigenvalue weighted by atomic mass is 16.5. The van der Waals surface area contributed by atoms with Crippen molar-refractivity contribution in [3.05, 3.63) is 54.1 Å². The lowest BCUT2D eigenvalue weighted by Gasteiger charge is -2.08. The van der Waals surface area contributed by atoms with Gasteiger partial charge in [-0.1, -0.05) is 6.07 Å². The zero-order valence-corrected chi connectivity index (χ0v) is 14.4. The second-order valence-corrected chi connectivity index (χ2v) is 5.34. The van der Waals surface area contributed by atoms with Crippen LogP contribution in [-0.4, -0.2) is 32.6 Å². The van der Waals surface area contributed by atoms with Crippen molar-refractivity contribution in [2.24, 2.45) is 0 Å². The summed E-state index contributed by atoms with van der Waals surface area (Å²) in [5, 5.41) is 5.33. The SMILES string of the molecule is CNC(=O)c1cccc(NC(=O)CCCOc2ccc(OC)cc2)c1. The molecule has 0 atom stereocenters. The van der Waals surface area contributed by atoms with Gasteiger partial charge in [0.25, 0.3) is 5.91 Å². The molecule has 0 aliphatic heterocycles. The Kier molecular flexibility index (Phi) is 6.83. The predicted molar refractivity (Wildman–Crippen MR) is 96.2 cm³/mol. The van der Waals surface area contributed by atoms with E-state index in [2.05, 4.69) is 10.6 Å². The number of carbonyl (C=O) groups excluding carboxylic acids is 2. The van der Waals surface area contributed by atoms with Gasteiger partial charge < -0.3 is 20.1 Å². The van der Waals surface area contributed by atoms with Crippen molar-refractivity contribution in [3.8, 4) is 11.5 Å². The van der Waals surface area contributed by atoms with Crippen LogP contribution in [0.15, 0.2) is 48.5 Å². The summed E-state index contributed by atoms with van der Waals surface area (Å²) in [6.45, 7) is 0.442. The van der Waals surface area contributed by atoms with Gasteiger partial charge in [-0.15, -0.1) is 0 Å². The van der Waals surface area contributed by atoms with Gasteiger partial charge in [0.15, 0.2) is 0 Å². The molecule has 0 spiro atoms. The fraction of sp³-hybridized carbons (Fsp3) is 0.263. The van der Waals surface area contributed by atoms with E-state index in [0.717, 1.165) is 11.5 Å². The van der Waals surface area contributed by atoms with Crippen molar-refractivity contribution in [2.75, 3.05) is 26.1 Å². The molecule has 2 amide bonds. The summed E-state index contributed by atoms with van der Waals surface area (Å²) in [7, 11) is 3.18. The molecule has 2 N–H and O–H groups in total. The van der Waals surface area contributed by atoms with Gasteiger partial charge in [-0.05, 0) is 48.9 Å². The maximum absolute atomic E-state index is 12.0. The smallest absolute Gasteiger partial charge is 0.251 e. The van der Waals surface area contributed by atoms with E-state index < -0.39 is 0 Å². The lowest BCUT2D eigenvalue weighted by molar-refractivity contribution is -0.116. The molecule has 6 heteroatoms. The van der Waals surface area contributed by atoms with Gasteiger partial charge in [0.1, 0.15) is 11.5 Å². The third-order valence-electron chi connectivity index (χ3n) is 3.51. The maximum atomic E-state index is 12.0. The summed E-state index contributed by atoms with van der Waals surface area (Å²) >= 11 is 0. The molecule has 0 saturated carbocycles. The number of nitrogens with one attached hydrogen (secondary N) is 2. The first kappa shape index (κ1) is 18.3. The molecule has 0 fully saturated rings. The zero-order chi connectivity index (χ0) is 18.1. The molecule has 132 valence electrons. The van der Waals surface area contributed by atoms with Crippen LogP contribution in [0.4, 0.5) is 5.69 Å². The Balaban J connectivity index is 1.74. The topological polar surface area (TPSA) is 76.7 Å². The van der Waals surface area contributed by atoms with Crippen LogP contribution >= 0.6 is 0 Å². The van der Waals surface area contributed by atoms with Crippen molar-refractivity contribution in [3.63, 3.8) is 0 Å². The molecule has 25 heavy (non-hydrogen) atoms. The van der Waals surface area contributed by atoms with Gasteiger partial charge in [-0.25, -0.2) is 0 Å². The van der Waals surface area contributed by atoms with E-state index in [1.807, 2.05) is 24.3 Å². The minimum atomic E-state index is -0.191. The molecule has 0 saturated heterocycles. The van der Waals surface area contributed by atoms with Crippen LogP contribution in [0.2, 0.25) is 0 Å². The van der Waals surface area contributed by atoms with Crippen LogP contribution in [0.1, 0.15) is 23.2 Å². The van der Waals surface area contributed by atoms with Gasteiger partial charge in [0, 0.05) is 24.7 Å². The molecular weight excluding hydrogens is 320 g/mol. The highest BCUT2D eigenvalue weighted by molar-refractivity contribution is 5.97. The summed E-state index contributed by atoms with van der Waals surface area (Å²) in [5.41, 5.74) is 1.10. The fourth-order valence-electron chi connectivity index (χ4n) is 2.20. The molecule has 0 bridgehead atoms. The molecule has 0 aliphatic carbocycles. The zero-order valence-electron chi connectivity index (χ0n) is 14.4. The quantitative estimate of drug-likeness (QED) is 0.723. The van der Waals surface area contributed by atoms with Crippen molar-refractivity contribution in [1.29, 1.82) is 0 Å². The second-order valence-electron chi connectivity index (χ2n) is 5.34. The number of methoxy groups -OCH3 is 1.